The van der Waals surface area contributed by atoms with Gasteiger partial charge in [-0.25, -0.2) is 0 Å². The molecule has 1 unspecified atom stereocenters. The number of para-hydroxylation sites is 1. The summed E-state index contributed by atoms with van der Waals surface area (Å²) >= 11 is 5.20. The van der Waals surface area contributed by atoms with Crippen LogP contribution >= 0.6 is 12.2 Å². The second-order valence-electron chi connectivity index (χ2n) is 5.89. The average Bonchev–Trinajstić information content (AvgIpc) is 2.61. The van der Waals surface area contributed by atoms with Crippen LogP contribution in [-0.4, -0.2) is 48.8 Å². The van der Waals surface area contributed by atoms with E-state index in [0.29, 0.717) is 48.2 Å². The van der Waals surface area contributed by atoms with E-state index < -0.39 is 12.7 Å². The first kappa shape index (κ1) is 18.5. The number of allylic oxidation sites excluding steroid dienone is 1. The summed E-state index contributed by atoms with van der Waals surface area (Å²) in [4.78, 5) is 14.8. The molecule has 1 atom stereocenters. The molecule has 1 amide bonds. The molecular weight excluding hydrogens is 364 g/mol. The third-order valence-electron chi connectivity index (χ3n) is 4.24. The Labute approximate surface area is 155 Å². The van der Waals surface area contributed by atoms with E-state index in [2.05, 4.69) is 15.4 Å². The number of benzene rings is 1. The predicted molar refractivity (Wildman–Crippen MR) is 94.8 cm³/mol. The number of nitrogens with one attached hydrogen (secondary N) is 2. The standard InChI is InChI=1S/C17H19F2N3O3S/c1-10-13(15(23)22-6-8-24-9-7-22)14(21-17(26)20-10)11-4-2-3-5-12(11)25-16(18)19/h2-5,14,16H,6-9H2,1H3,(H2,20,21,26). The maximum absolute atomic E-state index is 13.1. The van der Waals surface area contributed by atoms with Gasteiger partial charge in [-0.1, -0.05) is 18.2 Å². The lowest BCUT2D eigenvalue weighted by atomic mass is 9.93. The summed E-state index contributed by atoms with van der Waals surface area (Å²) in [5.74, 6) is -0.185. The molecule has 2 aliphatic heterocycles. The van der Waals surface area contributed by atoms with Gasteiger partial charge in [0.25, 0.3) is 5.91 Å². The van der Waals surface area contributed by atoms with Crippen molar-refractivity contribution in [2.75, 3.05) is 26.3 Å². The van der Waals surface area contributed by atoms with Crippen molar-refractivity contribution in [3.05, 3.63) is 41.1 Å². The normalized spacial score (nSPS) is 20.7. The number of ether oxygens (including phenoxy) is 2. The lowest BCUT2D eigenvalue weighted by Crippen LogP contribution is -2.49. The lowest BCUT2D eigenvalue weighted by molar-refractivity contribution is -0.131. The lowest BCUT2D eigenvalue weighted by Gasteiger charge is -2.35. The second kappa shape index (κ2) is 7.96. The van der Waals surface area contributed by atoms with Crippen molar-refractivity contribution >= 4 is 23.2 Å². The summed E-state index contributed by atoms with van der Waals surface area (Å²) in [6, 6.07) is 5.70. The number of carbonyl (C=O) groups is 1. The SMILES string of the molecule is CC1=C(C(=O)N2CCOCC2)C(c2ccccc2OC(F)F)NC(=S)N1. The number of halogens is 2. The molecule has 9 heteroatoms. The molecule has 0 aromatic heterocycles. The molecule has 3 rings (SSSR count). The topological polar surface area (TPSA) is 62.8 Å². The summed E-state index contributed by atoms with van der Waals surface area (Å²) in [5, 5.41) is 6.26. The smallest absolute Gasteiger partial charge is 0.387 e. The van der Waals surface area contributed by atoms with E-state index in [1.165, 1.54) is 6.07 Å². The maximum atomic E-state index is 13.1. The van der Waals surface area contributed by atoms with E-state index in [4.69, 9.17) is 17.0 Å². The van der Waals surface area contributed by atoms with Crippen LogP contribution in [0.15, 0.2) is 35.5 Å². The Hall–Kier alpha value is -2.26. The summed E-state index contributed by atoms with van der Waals surface area (Å²) in [6.07, 6.45) is 0. The minimum Gasteiger partial charge on any atom is -0.434 e. The van der Waals surface area contributed by atoms with E-state index in [1.807, 2.05) is 0 Å². The number of carbonyl (C=O) groups excluding carboxylic acids is 1. The van der Waals surface area contributed by atoms with Crippen molar-refractivity contribution in [2.45, 2.75) is 19.6 Å². The average molecular weight is 383 g/mol. The number of amides is 1. The highest BCUT2D eigenvalue weighted by Gasteiger charge is 2.34. The summed E-state index contributed by atoms with van der Waals surface area (Å²) < 4.78 is 35.5. The second-order valence-corrected chi connectivity index (χ2v) is 6.30. The van der Waals surface area contributed by atoms with Crippen LogP contribution < -0.4 is 15.4 Å². The molecule has 1 aromatic carbocycles. The van der Waals surface area contributed by atoms with Crippen LogP contribution in [0.4, 0.5) is 8.78 Å². The van der Waals surface area contributed by atoms with Gasteiger partial charge in [-0.15, -0.1) is 0 Å². The van der Waals surface area contributed by atoms with Gasteiger partial charge in [0.2, 0.25) is 0 Å². The minimum absolute atomic E-state index is 0.00442. The van der Waals surface area contributed by atoms with Gasteiger partial charge >= 0.3 is 6.61 Å². The van der Waals surface area contributed by atoms with E-state index in [0.717, 1.165) is 0 Å². The Morgan fingerprint density at radius 3 is 2.73 bits per heavy atom. The van der Waals surface area contributed by atoms with Crippen LogP contribution in [0.5, 0.6) is 5.75 Å². The van der Waals surface area contributed by atoms with Gasteiger partial charge in [0.1, 0.15) is 5.75 Å². The highest BCUT2D eigenvalue weighted by molar-refractivity contribution is 7.80. The molecule has 2 heterocycles. The van der Waals surface area contributed by atoms with E-state index in [9.17, 15) is 13.6 Å². The van der Waals surface area contributed by atoms with Gasteiger partial charge < -0.3 is 25.0 Å². The van der Waals surface area contributed by atoms with Gasteiger partial charge in [0, 0.05) is 24.4 Å². The van der Waals surface area contributed by atoms with Crippen molar-refractivity contribution in [1.82, 2.24) is 15.5 Å². The molecule has 1 fully saturated rings. The van der Waals surface area contributed by atoms with Crippen LogP contribution in [0, 0.1) is 0 Å². The Morgan fingerprint density at radius 1 is 1.35 bits per heavy atom. The van der Waals surface area contributed by atoms with Gasteiger partial charge in [-0.2, -0.15) is 8.78 Å². The number of nitrogens with zero attached hydrogens (tertiary/aromatic N) is 1. The molecule has 0 bridgehead atoms. The monoisotopic (exact) mass is 383 g/mol. The molecule has 0 radical (unpaired) electrons. The first-order valence-electron chi connectivity index (χ1n) is 8.16. The van der Waals surface area contributed by atoms with Crippen molar-refractivity contribution < 1.29 is 23.0 Å². The fourth-order valence-electron chi connectivity index (χ4n) is 3.07. The number of hydrogen-bond acceptors (Lipinski definition) is 4. The van der Waals surface area contributed by atoms with Gasteiger partial charge in [-0.3, -0.25) is 4.79 Å². The van der Waals surface area contributed by atoms with Crippen LogP contribution in [0.2, 0.25) is 0 Å². The molecular formula is C17H19F2N3O3S. The zero-order valence-corrected chi connectivity index (χ0v) is 14.9. The van der Waals surface area contributed by atoms with Crippen molar-refractivity contribution in [3.63, 3.8) is 0 Å². The molecule has 2 aliphatic rings. The number of hydrogen-bond donors (Lipinski definition) is 2. The van der Waals surface area contributed by atoms with Crippen molar-refractivity contribution in [2.24, 2.45) is 0 Å². The van der Waals surface area contributed by atoms with Crippen molar-refractivity contribution in [3.8, 4) is 5.75 Å². The Balaban J connectivity index is 1.99. The Kier molecular flexibility index (Phi) is 5.67. The third kappa shape index (κ3) is 3.94. The van der Waals surface area contributed by atoms with Gasteiger partial charge in [0.15, 0.2) is 5.11 Å². The summed E-state index contributed by atoms with van der Waals surface area (Å²) in [6.45, 7) is 0.655. The molecule has 0 spiro atoms. The van der Waals surface area contributed by atoms with Gasteiger partial charge in [0.05, 0.1) is 24.8 Å². The number of rotatable bonds is 4. The van der Waals surface area contributed by atoms with E-state index in [1.54, 1.807) is 30.0 Å². The zero-order valence-electron chi connectivity index (χ0n) is 14.1. The zero-order chi connectivity index (χ0) is 18.7. The molecule has 6 nitrogen and oxygen atoms in total. The molecule has 1 aromatic rings. The van der Waals surface area contributed by atoms with E-state index in [-0.39, 0.29) is 11.7 Å². The van der Waals surface area contributed by atoms with E-state index >= 15 is 0 Å². The number of thiocarbonyl (C=S) groups is 1. The highest BCUT2D eigenvalue weighted by Crippen LogP contribution is 2.34. The molecule has 0 aliphatic carbocycles. The molecule has 0 saturated carbocycles. The largest absolute Gasteiger partial charge is 0.434 e. The fourth-order valence-corrected chi connectivity index (χ4v) is 3.34. The van der Waals surface area contributed by atoms with Crippen LogP contribution in [0.25, 0.3) is 0 Å². The van der Waals surface area contributed by atoms with Gasteiger partial charge in [-0.05, 0) is 25.2 Å². The van der Waals surface area contributed by atoms with Crippen LogP contribution in [0.3, 0.4) is 0 Å². The van der Waals surface area contributed by atoms with Crippen LogP contribution in [-0.2, 0) is 9.53 Å². The quantitative estimate of drug-likeness (QED) is 0.775. The molecule has 1 saturated heterocycles. The number of morpholine rings is 1. The molecule has 26 heavy (non-hydrogen) atoms. The van der Waals surface area contributed by atoms with Crippen LogP contribution in [0.1, 0.15) is 18.5 Å². The Bertz CT molecular complexity index is 736. The first-order chi connectivity index (χ1) is 12.5. The fraction of sp³-hybridized carbons (Fsp3) is 0.412. The molecule has 140 valence electrons. The molecule has 2 N–H and O–H groups in total. The highest BCUT2D eigenvalue weighted by atomic mass is 32.1. The van der Waals surface area contributed by atoms with Crippen molar-refractivity contribution in [1.29, 1.82) is 0 Å². The minimum atomic E-state index is -2.96. The summed E-state index contributed by atoms with van der Waals surface area (Å²) in [5.41, 5.74) is 1.43. The third-order valence-corrected chi connectivity index (χ3v) is 4.46. The maximum Gasteiger partial charge on any atom is 0.387 e. The first-order valence-corrected chi connectivity index (χ1v) is 8.57. The Morgan fingerprint density at radius 2 is 2.04 bits per heavy atom. The summed E-state index contributed by atoms with van der Waals surface area (Å²) in [7, 11) is 0. The predicted octanol–water partition coefficient (Wildman–Crippen LogP) is 1.94. The number of alkyl halides is 2.